The largest absolute Gasteiger partial charge is 0.403 e. The van der Waals surface area contributed by atoms with Crippen molar-refractivity contribution in [1.82, 2.24) is 0 Å². The van der Waals surface area contributed by atoms with Gasteiger partial charge in [0.1, 0.15) is 0 Å². The predicted molar refractivity (Wildman–Crippen MR) is 51.0 cm³/mol. The normalized spacial score (nSPS) is 25.4. The van der Waals surface area contributed by atoms with Gasteiger partial charge in [-0.1, -0.05) is 12.8 Å². The van der Waals surface area contributed by atoms with Gasteiger partial charge in [-0.15, -0.1) is 11.1 Å². The zero-order valence-corrected chi connectivity index (χ0v) is 8.86. The molecule has 0 saturated heterocycles. The molecule has 1 saturated carbocycles. The van der Waals surface area contributed by atoms with Crippen molar-refractivity contribution >= 4 is 18.7 Å². The molecule has 0 spiro atoms. The third-order valence-electron chi connectivity index (χ3n) is 2.47. The fourth-order valence-corrected chi connectivity index (χ4v) is 4.72. The zero-order chi connectivity index (χ0) is 8.32. The van der Waals surface area contributed by atoms with E-state index in [1.807, 2.05) is 0 Å². The lowest BCUT2D eigenvalue weighted by Gasteiger charge is -2.25. The first-order valence-corrected chi connectivity index (χ1v) is 7.78. The summed E-state index contributed by atoms with van der Waals surface area (Å²) in [6, 6.07) is 0. The Morgan fingerprint density at radius 3 is 2.55 bits per heavy atom. The Morgan fingerprint density at radius 1 is 1.55 bits per heavy atom. The molecule has 1 nitrogen and oxygen atoms in total. The van der Waals surface area contributed by atoms with Gasteiger partial charge in [0.25, 0.3) is 7.63 Å². The molecule has 65 valence electrons. The molecular formula is C8H16ClOSi. The molecule has 1 aliphatic carbocycles. The Hall–Kier alpha value is 0.467. The van der Waals surface area contributed by atoms with Crippen molar-refractivity contribution in [1.29, 1.82) is 0 Å². The van der Waals surface area contributed by atoms with Gasteiger partial charge in [-0.05, 0) is 31.9 Å². The average Bonchev–Trinajstić information content (AvgIpc) is 2.37. The summed E-state index contributed by atoms with van der Waals surface area (Å²) in [5, 5.41) is 0. The summed E-state index contributed by atoms with van der Waals surface area (Å²) in [4.78, 5) is 0. The minimum atomic E-state index is -1.86. The lowest BCUT2D eigenvalue weighted by Crippen LogP contribution is -2.32. The van der Waals surface area contributed by atoms with Gasteiger partial charge in [-0.25, -0.2) is 0 Å². The molecule has 0 aromatic heterocycles. The Balaban J connectivity index is 2.41. The van der Waals surface area contributed by atoms with Gasteiger partial charge in [0.05, 0.1) is 0 Å². The maximum absolute atomic E-state index is 6.32. The van der Waals surface area contributed by atoms with Crippen molar-refractivity contribution < 1.29 is 4.43 Å². The standard InChI is InChI=1S/C8H16ClOSi/c1-3-10-11(2,9)8-6-4-5-7-8/h8H,1,3-7H2,2H3. The average molecular weight is 192 g/mol. The van der Waals surface area contributed by atoms with Crippen LogP contribution >= 0.6 is 11.1 Å². The van der Waals surface area contributed by atoms with E-state index in [4.69, 9.17) is 15.5 Å². The highest BCUT2D eigenvalue weighted by molar-refractivity contribution is 7.16. The van der Waals surface area contributed by atoms with Crippen LogP contribution in [0.3, 0.4) is 0 Å². The van der Waals surface area contributed by atoms with Crippen LogP contribution in [-0.4, -0.2) is 14.2 Å². The first-order valence-electron chi connectivity index (χ1n) is 4.29. The second-order valence-corrected chi connectivity index (χ2v) is 8.64. The summed E-state index contributed by atoms with van der Waals surface area (Å²) in [7, 11) is -1.86. The first-order chi connectivity index (χ1) is 5.17. The summed E-state index contributed by atoms with van der Waals surface area (Å²) >= 11 is 6.32. The van der Waals surface area contributed by atoms with Gasteiger partial charge in [-0.3, -0.25) is 0 Å². The van der Waals surface area contributed by atoms with Gasteiger partial charge in [0.15, 0.2) is 0 Å². The summed E-state index contributed by atoms with van der Waals surface area (Å²) < 4.78 is 5.51. The third kappa shape index (κ3) is 2.46. The van der Waals surface area contributed by atoms with Crippen molar-refractivity contribution in [3.63, 3.8) is 0 Å². The minimum Gasteiger partial charge on any atom is -0.403 e. The molecular weight excluding hydrogens is 176 g/mol. The molecule has 3 heteroatoms. The molecule has 1 atom stereocenters. The molecule has 0 N–H and O–H groups in total. The van der Waals surface area contributed by atoms with E-state index in [1.54, 1.807) is 0 Å². The van der Waals surface area contributed by atoms with Crippen molar-refractivity contribution in [3.05, 3.63) is 6.92 Å². The van der Waals surface area contributed by atoms with Gasteiger partial charge >= 0.3 is 0 Å². The summed E-state index contributed by atoms with van der Waals surface area (Å²) in [6.07, 6.45) is 5.21. The van der Waals surface area contributed by atoms with E-state index in [1.165, 1.54) is 25.7 Å². The van der Waals surface area contributed by atoms with Crippen LogP contribution in [0.15, 0.2) is 0 Å². The van der Waals surface area contributed by atoms with Crippen LogP contribution in [0.1, 0.15) is 25.7 Å². The van der Waals surface area contributed by atoms with Crippen LogP contribution < -0.4 is 0 Å². The topological polar surface area (TPSA) is 9.23 Å². The van der Waals surface area contributed by atoms with E-state index >= 15 is 0 Å². The maximum atomic E-state index is 6.32. The smallest absolute Gasteiger partial charge is 0.290 e. The SMILES string of the molecule is [CH2]CO[Si](C)(Cl)C1CCCC1. The highest BCUT2D eigenvalue weighted by Crippen LogP contribution is 2.40. The van der Waals surface area contributed by atoms with E-state index < -0.39 is 7.63 Å². The van der Waals surface area contributed by atoms with Crippen LogP contribution in [0.4, 0.5) is 0 Å². The van der Waals surface area contributed by atoms with Gasteiger partial charge in [-0.2, -0.15) is 0 Å². The molecule has 11 heavy (non-hydrogen) atoms. The Labute approximate surface area is 74.9 Å². The van der Waals surface area contributed by atoms with Crippen LogP contribution in [0.2, 0.25) is 12.1 Å². The Bertz CT molecular complexity index is 121. The molecule has 0 aliphatic heterocycles. The van der Waals surface area contributed by atoms with Crippen molar-refractivity contribution in [2.75, 3.05) is 6.61 Å². The molecule has 1 rings (SSSR count). The molecule has 1 unspecified atom stereocenters. The molecule has 0 heterocycles. The minimum absolute atomic E-state index is 0.530. The van der Waals surface area contributed by atoms with E-state index in [0.29, 0.717) is 12.1 Å². The van der Waals surface area contributed by atoms with E-state index in [2.05, 4.69) is 13.5 Å². The lowest BCUT2D eigenvalue weighted by molar-refractivity contribution is 0.350. The molecule has 1 radical (unpaired) electrons. The molecule has 1 fully saturated rings. The third-order valence-corrected chi connectivity index (χ3v) is 6.53. The number of hydrogen-bond donors (Lipinski definition) is 0. The van der Waals surface area contributed by atoms with Crippen LogP contribution in [0.25, 0.3) is 0 Å². The summed E-state index contributed by atoms with van der Waals surface area (Å²) in [5.74, 6) is 0. The fourth-order valence-electron chi connectivity index (χ4n) is 1.76. The van der Waals surface area contributed by atoms with Crippen LogP contribution in [-0.2, 0) is 4.43 Å². The summed E-state index contributed by atoms with van der Waals surface area (Å²) in [5.41, 5.74) is 0.672. The second-order valence-electron chi connectivity index (χ2n) is 3.32. The highest BCUT2D eigenvalue weighted by Gasteiger charge is 2.38. The van der Waals surface area contributed by atoms with Crippen LogP contribution in [0, 0.1) is 6.92 Å². The Kier molecular flexibility index (Phi) is 3.41. The second kappa shape index (κ2) is 3.92. The van der Waals surface area contributed by atoms with E-state index in [0.717, 1.165) is 0 Å². The fraction of sp³-hybridized carbons (Fsp3) is 0.875. The number of rotatable bonds is 3. The van der Waals surface area contributed by atoms with Crippen LogP contribution in [0.5, 0.6) is 0 Å². The molecule has 1 aliphatic rings. The number of hydrogen-bond acceptors (Lipinski definition) is 1. The highest BCUT2D eigenvalue weighted by atomic mass is 35.6. The molecule has 0 amide bonds. The predicted octanol–water partition coefficient (Wildman–Crippen LogP) is 3.09. The van der Waals surface area contributed by atoms with Crippen molar-refractivity contribution in [3.8, 4) is 0 Å². The van der Waals surface area contributed by atoms with Crippen molar-refractivity contribution in [2.45, 2.75) is 37.8 Å². The number of halogens is 1. The van der Waals surface area contributed by atoms with E-state index in [9.17, 15) is 0 Å². The van der Waals surface area contributed by atoms with Gasteiger partial charge in [0.2, 0.25) is 0 Å². The lowest BCUT2D eigenvalue weighted by atomic mass is 10.4. The monoisotopic (exact) mass is 191 g/mol. The zero-order valence-electron chi connectivity index (χ0n) is 7.11. The van der Waals surface area contributed by atoms with Gasteiger partial charge in [0, 0.05) is 6.61 Å². The quantitative estimate of drug-likeness (QED) is 0.492. The first kappa shape index (κ1) is 9.55. The molecule has 0 aromatic rings. The van der Waals surface area contributed by atoms with Gasteiger partial charge < -0.3 is 4.43 Å². The van der Waals surface area contributed by atoms with Crippen molar-refractivity contribution in [2.24, 2.45) is 0 Å². The Morgan fingerprint density at radius 2 is 2.09 bits per heavy atom. The maximum Gasteiger partial charge on any atom is 0.290 e. The van der Waals surface area contributed by atoms with E-state index in [-0.39, 0.29) is 0 Å². The summed E-state index contributed by atoms with van der Waals surface area (Å²) in [6.45, 7) is 6.29. The molecule has 0 bridgehead atoms. The molecule has 0 aromatic carbocycles.